The maximum Gasteiger partial charge on any atom is 0.243 e. The van der Waals surface area contributed by atoms with Crippen molar-refractivity contribution in [1.29, 1.82) is 0 Å². The summed E-state index contributed by atoms with van der Waals surface area (Å²) in [5, 5.41) is 2.79. The highest BCUT2D eigenvalue weighted by molar-refractivity contribution is 7.89. The molecule has 1 saturated heterocycles. The van der Waals surface area contributed by atoms with Gasteiger partial charge in [0.05, 0.1) is 12.0 Å². The highest BCUT2D eigenvalue weighted by Gasteiger charge is 2.39. The van der Waals surface area contributed by atoms with Crippen LogP contribution in [0.5, 0.6) is 5.75 Å². The molecule has 0 radical (unpaired) electrons. The molecule has 0 spiro atoms. The summed E-state index contributed by atoms with van der Waals surface area (Å²) in [6, 6.07) is 14.5. The first-order valence-electron chi connectivity index (χ1n) is 8.04. The Morgan fingerprint density at radius 1 is 1.16 bits per heavy atom. The number of benzene rings is 2. The van der Waals surface area contributed by atoms with Crippen LogP contribution in [0, 0.1) is 0 Å². The smallest absolute Gasteiger partial charge is 0.243 e. The van der Waals surface area contributed by atoms with E-state index in [1.54, 1.807) is 61.7 Å². The highest BCUT2D eigenvalue weighted by Crippen LogP contribution is 2.27. The van der Waals surface area contributed by atoms with Gasteiger partial charge in [-0.2, -0.15) is 4.31 Å². The van der Waals surface area contributed by atoms with Crippen LogP contribution in [0.15, 0.2) is 59.5 Å². The van der Waals surface area contributed by atoms with Crippen molar-refractivity contribution < 1.29 is 17.9 Å². The third-order valence-electron chi connectivity index (χ3n) is 4.19. The van der Waals surface area contributed by atoms with E-state index in [0.29, 0.717) is 30.8 Å². The fraction of sp³-hybridized carbons (Fsp3) is 0.278. The maximum atomic E-state index is 12.8. The Labute approximate surface area is 147 Å². The predicted molar refractivity (Wildman–Crippen MR) is 95.0 cm³/mol. The molecule has 1 aliphatic rings. The van der Waals surface area contributed by atoms with Crippen molar-refractivity contribution >= 4 is 21.6 Å². The molecule has 0 aromatic heterocycles. The van der Waals surface area contributed by atoms with Crippen molar-refractivity contribution in [3.63, 3.8) is 0 Å². The molecule has 3 rings (SSSR count). The fourth-order valence-electron chi connectivity index (χ4n) is 2.94. The Hall–Kier alpha value is -2.38. The van der Waals surface area contributed by atoms with E-state index in [0.717, 1.165) is 0 Å². The van der Waals surface area contributed by atoms with Gasteiger partial charge in [-0.15, -0.1) is 0 Å². The molecule has 25 heavy (non-hydrogen) atoms. The van der Waals surface area contributed by atoms with Crippen molar-refractivity contribution in [3.05, 3.63) is 54.6 Å². The minimum atomic E-state index is -3.69. The Bertz CT molecular complexity index is 852. The lowest BCUT2D eigenvalue weighted by Crippen LogP contribution is -2.43. The molecule has 7 heteroatoms. The molecule has 1 heterocycles. The zero-order valence-corrected chi connectivity index (χ0v) is 14.7. The Morgan fingerprint density at radius 3 is 2.64 bits per heavy atom. The van der Waals surface area contributed by atoms with Crippen molar-refractivity contribution in [2.75, 3.05) is 19.0 Å². The number of ether oxygens (including phenoxy) is 1. The summed E-state index contributed by atoms with van der Waals surface area (Å²) in [5.74, 6) is 0.295. The lowest BCUT2D eigenvalue weighted by molar-refractivity contribution is -0.119. The molecule has 1 fully saturated rings. The second-order valence-electron chi connectivity index (χ2n) is 5.81. The number of amides is 1. The van der Waals surface area contributed by atoms with Gasteiger partial charge in [-0.05, 0) is 37.1 Å². The van der Waals surface area contributed by atoms with Gasteiger partial charge in [-0.25, -0.2) is 8.42 Å². The Morgan fingerprint density at radius 2 is 1.92 bits per heavy atom. The van der Waals surface area contributed by atoms with Crippen LogP contribution in [0.25, 0.3) is 0 Å². The summed E-state index contributed by atoms with van der Waals surface area (Å²) in [6.45, 7) is 0.341. The van der Waals surface area contributed by atoms with Gasteiger partial charge in [0.15, 0.2) is 0 Å². The van der Waals surface area contributed by atoms with E-state index in [1.807, 2.05) is 0 Å². The number of sulfonamides is 1. The van der Waals surface area contributed by atoms with E-state index in [1.165, 1.54) is 4.31 Å². The molecule has 0 bridgehead atoms. The van der Waals surface area contributed by atoms with Crippen LogP contribution in [-0.2, 0) is 14.8 Å². The van der Waals surface area contributed by atoms with Crippen LogP contribution in [0.3, 0.4) is 0 Å². The number of anilines is 1. The normalized spacial score (nSPS) is 18.0. The zero-order chi connectivity index (χ0) is 17.9. The predicted octanol–water partition coefficient (Wildman–Crippen LogP) is 2.49. The second-order valence-corrected chi connectivity index (χ2v) is 7.70. The van der Waals surface area contributed by atoms with Crippen molar-refractivity contribution in [2.45, 2.75) is 23.8 Å². The molecule has 1 unspecified atom stereocenters. The fourth-order valence-corrected chi connectivity index (χ4v) is 4.62. The average molecular weight is 360 g/mol. The molecular formula is C18H20N2O4S. The van der Waals surface area contributed by atoms with E-state index < -0.39 is 16.1 Å². The van der Waals surface area contributed by atoms with Gasteiger partial charge >= 0.3 is 0 Å². The molecule has 1 atom stereocenters. The van der Waals surface area contributed by atoms with Gasteiger partial charge in [0.2, 0.25) is 15.9 Å². The number of hydrogen-bond donors (Lipinski definition) is 1. The van der Waals surface area contributed by atoms with E-state index in [4.69, 9.17) is 4.74 Å². The first-order valence-corrected chi connectivity index (χ1v) is 9.48. The first kappa shape index (κ1) is 17.4. The van der Waals surface area contributed by atoms with E-state index in [9.17, 15) is 13.2 Å². The number of carbonyl (C=O) groups is 1. The minimum absolute atomic E-state index is 0.205. The summed E-state index contributed by atoms with van der Waals surface area (Å²) in [4.78, 5) is 12.8. The third kappa shape index (κ3) is 3.67. The first-order chi connectivity index (χ1) is 12.0. The summed E-state index contributed by atoms with van der Waals surface area (Å²) >= 11 is 0. The van der Waals surface area contributed by atoms with Gasteiger partial charge in [-0.3, -0.25) is 4.79 Å². The molecule has 1 amide bonds. The molecule has 6 nitrogen and oxygen atoms in total. The quantitative estimate of drug-likeness (QED) is 0.889. The number of carbonyl (C=O) groups excluding carboxylic acids is 1. The monoisotopic (exact) mass is 360 g/mol. The van der Waals surface area contributed by atoms with E-state index >= 15 is 0 Å². The summed E-state index contributed by atoms with van der Waals surface area (Å²) in [7, 11) is -2.14. The van der Waals surface area contributed by atoms with Gasteiger partial charge in [0.25, 0.3) is 0 Å². The van der Waals surface area contributed by atoms with Crippen LogP contribution in [0.1, 0.15) is 12.8 Å². The van der Waals surface area contributed by atoms with E-state index in [-0.39, 0.29) is 10.8 Å². The second kappa shape index (κ2) is 7.25. The van der Waals surface area contributed by atoms with Crippen LogP contribution in [0.2, 0.25) is 0 Å². The van der Waals surface area contributed by atoms with Crippen molar-refractivity contribution in [1.82, 2.24) is 4.31 Å². The number of nitrogens with one attached hydrogen (secondary N) is 1. The average Bonchev–Trinajstić information content (AvgIpc) is 3.13. The SMILES string of the molecule is COc1cccc(NC(=O)C2CCCN2S(=O)(=O)c2ccccc2)c1. The molecule has 0 aliphatic carbocycles. The Balaban J connectivity index is 1.80. The molecule has 2 aromatic carbocycles. The maximum absolute atomic E-state index is 12.8. The molecule has 2 aromatic rings. The van der Waals surface area contributed by atoms with Crippen LogP contribution >= 0.6 is 0 Å². The number of rotatable bonds is 5. The standard InChI is InChI=1S/C18H20N2O4S/c1-24-15-8-5-7-14(13-15)19-18(21)17-11-6-12-20(17)25(22,23)16-9-3-2-4-10-16/h2-5,7-10,13,17H,6,11-12H2,1H3,(H,19,21). The zero-order valence-electron chi connectivity index (χ0n) is 13.9. The molecule has 1 aliphatic heterocycles. The minimum Gasteiger partial charge on any atom is -0.497 e. The van der Waals surface area contributed by atoms with Crippen LogP contribution < -0.4 is 10.1 Å². The van der Waals surface area contributed by atoms with Crippen molar-refractivity contribution in [2.24, 2.45) is 0 Å². The largest absolute Gasteiger partial charge is 0.497 e. The van der Waals surface area contributed by atoms with Crippen LogP contribution in [0.4, 0.5) is 5.69 Å². The lowest BCUT2D eigenvalue weighted by Gasteiger charge is -2.23. The van der Waals surface area contributed by atoms with Gasteiger partial charge in [0.1, 0.15) is 11.8 Å². The lowest BCUT2D eigenvalue weighted by atomic mass is 10.2. The number of nitrogens with zero attached hydrogens (tertiary/aromatic N) is 1. The van der Waals surface area contributed by atoms with Crippen molar-refractivity contribution in [3.8, 4) is 5.75 Å². The highest BCUT2D eigenvalue weighted by atomic mass is 32.2. The van der Waals surface area contributed by atoms with Gasteiger partial charge in [0, 0.05) is 18.3 Å². The summed E-state index contributed by atoms with van der Waals surface area (Å²) in [6.07, 6.45) is 1.16. The number of methoxy groups -OCH3 is 1. The van der Waals surface area contributed by atoms with Gasteiger partial charge in [-0.1, -0.05) is 24.3 Å². The topological polar surface area (TPSA) is 75.7 Å². The molecular weight excluding hydrogens is 340 g/mol. The third-order valence-corrected chi connectivity index (χ3v) is 6.12. The molecule has 1 N–H and O–H groups in total. The summed E-state index contributed by atoms with van der Waals surface area (Å²) < 4.78 is 32.1. The number of hydrogen-bond acceptors (Lipinski definition) is 4. The molecule has 0 saturated carbocycles. The summed E-state index contributed by atoms with van der Waals surface area (Å²) in [5.41, 5.74) is 0.577. The van der Waals surface area contributed by atoms with Crippen LogP contribution in [-0.4, -0.2) is 38.3 Å². The Kier molecular flexibility index (Phi) is 5.06. The van der Waals surface area contributed by atoms with E-state index in [2.05, 4.69) is 5.32 Å². The molecule has 132 valence electrons. The van der Waals surface area contributed by atoms with Gasteiger partial charge < -0.3 is 10.1 Å².